The lowest BCUT2D eigenvalue weighted by Gasteiger charge is -2.26. The number of carbonyl (C=O) groups excluding carboxylic acids is 1. The minimum absolute atomic E-state index is 0.0576. The van der Waals surface area contributed by atoms with E-state index in [1.807, 2.05) is 70.1 Å². The number of fused-ring (bicyclic) bond motifs is 2. The lowest BCUT2D eigenvalue weighted by atomic mass is 10.1. The summed E-state index contributed by atoms with van der Waals surface area (Å²) >= 11 is 0. The second-order valence-electron chi connectivity index (χ2n) is 8.56. The summed E-state index contributed by atoms with van der Waals surface area (Å²) in [4.78, 5) is 23.9. The first-order valence-electron chi connectivity index (χ1n) is 11.0. The summed E-state index contributed by atoms with van der Waals surface area (Å²) < 4.78 is 7.93. The van der Waals surface area contributed by atoms with Gasteiger partial charge in [0.2, 0.25) is 5.91 Å². The number of piperidine rings is 1. The molecule has 7 heteroatoms. The van der Waals surface area contributed by atoms with Gasteiger partial charge in [0.05, 0.1) is 0 Å². The maximum atomic E-state index is 12.6. The van der Waals surface area contributed by atoms with Gasteiger partial charge in [0.15, 0.2) is 0 Å². The Kier molecular flexibility index (Phi) is 4.26. The number of carbonyl (C=O) groups is 1. The number of hydrogen-bond acceptors (Lipinski definition) is 5. The van der Waals surface area contributed by atoms with Crippen LogP contribution in [0.1, 0.15) is 18.7 Å². The van der Waals surface area contributed by atoms with Gasteiger partial charge in [-0.05, 0) is 61.2 Å². The predicted octanol–water partition coefficient (Wildman–Crippen LogP) is 4.40. The zero-order chi connectivity index (χ0) is 22.6. The Bertz CT molecular complexity index is 1380. The Morgan fingerprint density at radius 3 is 2.64 bits per heavy atom. The zero-order valence-electron chi connectivity index (χ0n) is 18.0. The topological polar surface area (TPSA) is 85.8 Å². The van der Waals surface area contributed by atoms with Gasteiger partial charge < -0.3 is 15.4 Å². The number of nitrogens with two attached hydrogens (primary N) is 1. The van der Waals surface area contributed by atoms with Crippen molar-refractivity contribution in [1.82, 2.24) is 19.3 Å². The monoisotopic (exact) mass is 437 g/mol. The van der Waals surface area contributed by atoms with E-state index < -0.39 is 5.54 Å². The van der Waals surface area contributed by atoms with E-state index in [1.54, 1.807) is 6.20 Å². The Balaban J connectivity index is 1.43. The third-order valence-corrected chi connectivity index (χ3v) is 6.77. The summed E-state index contributed by atoms with van der Waals surface area (Å²) in [6, 6.07) is 17.4. The minimum atomic E-state index is -0.406. The van der Waals surface area contributed by atoms with Crippen LogP contribution in [-0.4, -0.2) is 31.7 Å². The summed E-state index contributed by atoms with van der Waals surface area (Å²) in [5.41, 5.74) is 8.33. The number of anilines is 1. The van der Waals surface area contributed by atoms with Gasteiger partial charge in [-0.3, -0.25) is 9.20 Å². The molecule has 3 heterocycles. The van der Waals surface area contributed by atoms with Crippen LogP contribution in [0.15, 0.2) is 79.6 Å². The molecular weight excluding hydrogens is 414 g/mol. The van der Waals surface area contributed by atoms with E-state index in [4.69, 9.17) is 15.5 Å². The van der Waals surface area contributed by atoms with Gasteiger partial charge in [-0.2, -0.15) is 0 Å². The third kappa shape index (κ3) is 2.92. The highest BCUT2D eigenvalue weighted by Crippen LogP contribution is 2.62. The van der Waals surface area contributed by atoms with Gasteiger partial charge in [0.1, 0.15) is 39.9 Å². The molecule has 2 N–H and O–H groups in total. The summed E-state index contributed by atoms with van der Waals surface area (Å²) in [6.07, 6.45) is 6.81. The van der Waals surface area contributed by atoms with Crippen molar-refractivity contribution in [3.8, 4) is 22.8 Å². The van der Waals surface area contributed by atoms with E-state index >= 15 is 0 Å². The van der Waals surface area contributed by atoms with Crippen molar-refractivity contribution in [2.75, 3.05) is 12.3 Å². The van der Waals surface area contributed by atoms with Crippen LogP contribution < -0.4 is 10.5 Å². The predicted molar refractivity (Wildman–Crippen MR) is 126 cm³/mol. The molecule has 33 heavy (non-hydrogen) atoms. The molecule has 1 aliphatic carbocycles. The van der Waals surface area contributed by atoms with Gasteiger partial charge in [0, 0.05) is 24.5 Å². The molecular formula is C26H23N5O2. The van der Waals surface area contributed by atoms with Crippen LogP contribution in [0.3, 0.4) is 0 Å². The molecule has 0 bridgehead atoms. The molecule has 2 unspecified atom stereocenters. The zero-order valence-corrected chi connectivity index (χ0v) is 18.0. The van der Waals surface area contributed by atoms with Gasteiger partial charge in [-0.1, -0.05) is 24.8 Å². The van der Waals surface area contributed by atoms with Crippen molar-refractivity contribution < 1.29 is 9.53 Å². The molecule has 2 aliphatic rings. The second-order valence-corrected chi connectivity index (χ2v) is 8.56. The molecule has 2 fully saturated rings. The molecule has 7 nitrogen and oxygen atoms in total. The fourth-order valence-electron chi connectivity index (χ4n) is 5.16. The summed E-state index contributed by atoms with van der Waals surface area (Å²) in [5, 5.41) is 0. The molecule has 6 rings (SSSR count). The Morgan fingerprint density at radius 2 is 1.91 bits per heavy atom. The number of benzene rings is 2. The third-order valence-electron chi connectivity index (χ3n) is 6.77. The van der Waals surface area contributed by atoms with Gasteiger partial charge >= 0.3 is 0 Å². The molecule has 0 radical (unpaired) electrons. The number of rotatable bonds is 5. The standard InChI is InChI=1S/C26H23N5O2/c1-2-21(32)31-14-12-18-16-26(18,31)25-29-22(23-24(27)28-13-15-30(23)25)17-8-10-20(11-9-17)33-19-6-4-3-5-7-19/h2-11,13,15,18H,1,12,14,16H2,(H2,27,28). The average Bonchev–Trinajstić information content (AvgIpc) is 3.24. The van der Waals surface area contributed by atoms with Crippen LogP contribution in [0.5, 0.6) is 11.5 Å². The summed E-state index contributed by atoms with van der Waals surface area (Å²) in [7, 11) is 0. The lowest BCUT2D eigenvalue weighted by Crippen LogP contribution is -2.38. The molecule has 2 atom stereocenters. The molecule has 1 saturated heterocycles. The normalized spacial score (nSPS) is 21.1. The van der Waals surface area contributed by atoms with Crippen LogP contribution in [0.25, 0.3) is 16.8 Å². The van der Waals surface area contributed by atoms with Gasteiger partial charge in [-0.15, -0.1) is 0 Å². The SMILES string of the molecule is C=CC(=O)N1CCC2CC21c1nc(-c2ccc(Oc3ccccc3)cc2)c2c(N)nccn12. The summed E-state index contributed by atoms with van der Waals surface area (Å²) in [5.74, 6) is 3.10. The lowest BCUT2D eigenvalue weighted by molar-refractivity contribution is -0.128. The smallest absolute Gasteiger partial charge is 0.246 e. The van der Waals surface area contributed by atoms with Gasteiger partial charge in [-0.25, -0.2) is 9.97 Å². The fourth-order valence-corrected chi connectivity index (χ4v) is 5.16. The first-order chi connectivity index (χ1) is 16.1. The van der Waals surface area contributed by atoms with Crippen LogP contribution in [0, 0.1) is 5.92 Å². The number of hydrogen-bond donors (Lipinski definition) is 1. The minimum Gasteiger partial charge on any atom is -0.457 e. The van der Waals surface area contributed by atoms with Crippen molar-refractivity contribution in [3.05, 3.63) is 85.5 Å². The van der Waals surface area contributed by atoms with Crippen molar-refractivity contribution in [3.63, 3.8) is 0 Å². The largest absolute Gasteiger partial charge is 0.457 e. The Labute approximate surface area is 191 Å². The molecule has 1 aliphatic heterocycles. The fraction of sp³-hybridized carbons (Fsp3) is 0.192. The first kappa shape index (κ1) is 19.5. The molecule has 4 aromatic rings. The highest BCUT2D eigenvalue weighted by Gasteiger charge is 2.66. The Hall–Kier alpha value is -4.13. The van der Waals surface area contributed by atoms with Crippen molar-refractivity contribution in [2.45, 2.75) is 18.4 Å². The highest BCUT2D eigenvalue weighted by atomic mass is 16.5. The number of nitrogen functional groups attached to an aromatic ring is 1. The molecule has 2 aromatic carbocycles. The van der Waals surface area contributed by atoms with E-state index in [9.17, 15) is 4.79 Å². The number of para-hydroxylation sites is 1. The average molecular weight is 438 g/mol. The van der Waals surface area contributed by atoms with Crippen LogP contribution in [0.4, 0.5) is 5.82 Å². The number of likely N-dealkylation sites (tertiary alicyclic amines) is 1. The van der Waals surface area contributed by atoms with Gasteiger partial charge in [0.25, 0.3) is 0 Å². The second kappa shape index (κ2) is 7.20. The molecule has 1 saturated carbocycles. The number of amides is 1. The van der Waals surface area contributed by atoms with Crippen LogP contribution >= 0.6 is 0 Å². The van der Waals surface area contributed by atoms with Crippen molar-refractivity contribution in [2.24, 2.45) is 5.92 Å². The first-order valence-corrected chi connectivity index (χ1v) is 11.0. The molecule has 164 valence electrons. The molecule has 0 spiro atoms. The van der Waals surface area contributed by atoms with E-state index in [-0.39, 0.29) is 5.91 Å². The van der Waals surface area contributed by atoms with Crippen LogP contribution in [-0.2, 0) is 10.3 Å². The van der Waals surface area contributed by atoms with Crippen LogP contribution in [0.2, 0.25) is 0 Å². The van der Waals surface area contributed by atoms with Crippen molar-refractivity contribution in [1.29, 1.82) is 0 Å². The van der Waals surface area contributed by atoms with Crippen molar-refractivity contribution >= 4 is 17.2 Å². The van der Waals surface area contributed by atoms with E-state index in [1.165, 1.54) is 6.08 Å². The quantitative estimate of drug-likeness (QED) is 0.468. The van der Waals surface area contributed by atoms with E-state index in [2.05, 4.69) is 11.6 Å². The molecule has 1 amide bonds. The number of ether oxygens (including phenoxy) is 1. The maximum absolute atomic E-state index is 12.6. The summed E-state index contributed by atoms with van der Waals surface area (Å²) in [6.45, 7) is 4.40. The Morgan fingerprint density at radius 1 is 1.15 bits per heavy atom. The van der Waals surface area contributed by atoms with E-state index in [0.717, 1.165) is 46.9 Å². The number of aromatic nitrogens is 3. The number of nitrogens with zero attached hydrogens (tertiary/aromatic N) is 4. The maximum Gasteiger partial charge on any atom is 0.246 e. The molecule has 2 aromatic heterocycles. The highest BCUT2D eigenvalue weighted by molar-refractivity contribution is 5.89. The van der Waals surface area contributed by atoms with E-state index in [0.29, 0.717) is 18.3 Å². The number of imidazole rings is 1.